The van der Waals surface area contributed by atoms with E-state index in [2.05, 4.69) is 10.3 Å². The molecule has 2 heterocycles. The van der Waals surface area contributed by atoms with Gasteiger partial charge in [0.25, 0.3) is 5.56 Å². The second-order valence-electron chi connectivity index (χ2n) is 8.12. The van der Waals surface area contributed by atoms with Gasteiger partial charge in [-0.2, -0.15) is 0 Å². The average molecular weight is 526 g/mol. The summed E-state index contributed by atoms with van der Waals surface area (Å²) in [6, 6.07) is 12.2. The minimum atomic E-state index is -0.528. The first-order valence-electron chi connectivity index (χ1n) is 11.3. The first-order chi connectivity index (χ1) is 17.7. The summed E-state index contributed by atoms with van der Waals surface area (Å²) in [5, 5.41) is 3.07. The molecule has 10 nitrogen and oxygen atoms in total. The van der Waals surface area contributed by atoms with E-state index in [-0.39, 0.29) is 36.0 Å². The Hall–Kier alpha value is -4.19. The van der Waals surface area contributed by atoms with Gasteiger partial charge in [0.2, 0.25) is 5.91 Å². The van der Waals surface area contributed by atoms with E-state index in [0.29, 0.717) is 22.0 Å². The Morgan fingerprint density at radius 3 is 2.51 bits per heavy atom. The third kappa shape index (κ3) is 5.48. The zero-order chi connectivity index (χ0) is 26.7. The molecule has 0 spiro atoms. The topological polar surface area (TPSA) is 117 Å². The third-order valence-electron chi connectivity index (χ3n) is 5.56. The molecule has 4 rings (SSSR count). The summed E-state index contributed by atoms with van der Waals surface area (Å²) < 4.78 is 22.3. The van der Waals surface area contributed by atoms with Crippen molar-refractivity contribution in [2.75, 3.05) is 17.7 Å². The minimum absolute atomic E-state index is 0.0648. The van der Waals surface area contributed by atoms with Crippen molar-refractivity contribution in [3.8, 4) is 0 Å². The maximum Gasteiger partial charge on any atom is 0.338 e. The lowest BCUT2D eigenvalue weighted by Crippen LogP contribution is -2.37. The maximum absolute atomic E-state index is 13.4. The summed E-state index contributed by atoms with van der Waals surface area (Å²) in [5.74, 6) is -1.32. The molecule has 0 aliphatic heterocycles. The third-order valence-corrected chi connectivity index (χ3v) is 6.53. The molecule has 2 aromatic carbocycles. The number of anilines is 1. The van der Waals surface area contributed by atoms with Crippen LogP contribution in [0.15, 0.2) is 63.3 Å². The van der Waals surface area contributed by atoms with E-state index in [1.54, 1.807) is 41.8 Å². The second kappa shape index (κ2) is 10.8. The zero-order valence-electron chi connectivity index (χ0n) is 20.4. The van der Waals surface area contributed by atoms with Crippen molar-refractivity contribution in [1.82, 2.24) is 18.7 Å². The fourth-order valence-electron chi connectivity index (χ4n) is 3.72. The van der Waals surface area contributed by atoms with Gasteiger partial charge in [0.1, 0.15) is 5.82 Å². The van der Waals surface area contributed by atoms with Crippen molar-refractivity contribution >= 4 is 40.5 Å². The van der Waals surface area contributed by atoms with Crippen LogP contribution in [0.2, 0.25) is 0 Å². The standard InChI is InChI=1S/C25H24FN5O5S/c1-4-36-23(34)16-6-5-7-18(12-16)27-19(32)14-37-24-28-21-20(22(33)30(3)25(35)29(21)2)31(24)13-15-8-10-17(26)11-9-15/h5-12H,4,13-14H2,1-3H3,(H,27,32). The summed E-state index contributed by atoms with van der Waals surface area (Å²) >= 11 is 1.08. The Morgan fingerprint density at radius 1 is 1.08 bits per heavy atom. The second-order valence-corrected chi connectivity index (χ2v) is 9.07. The van der Waals surface area contributed by atoms with E-state index in [1.807, 2.05) is 0 Å². The zero-order valence-corrected chi connectivity index (χ0v) is 21.2. The lowest BCUT2D eigenvalue weighted by Gasteiger charge is -2.10. The van der Waals surface area contributed by atoms with Gasteiger partial charge in [-0.15, -0.1) is 0 Å². The molecule has 1 N–H and O–H groups in total. The molecule has 0 saturated carbocycles. The summed E-state index contributed by atoms with van der Waals surface area (Å²) in [6.45, 7) is 2.12. The number of thioether (sulfide) groups is 1. The fourth-order valence-corrected chi connectivity index (χ4v) is 4.52. The number of aryl methyl sites for hydroxylation is 1. The quantitative estimate of drug-likeness (QED) is 0.278. The molecule has 2 aromatic heterocycles. The van der Waals surface area contributed by atoms with E-state index in [0.717, 1.165) is 16.3 Å². The predicted octanol–water partition coefficient (Wildman–Crippen LogP) is 2.53. The molecule has 0 aliphatic rings. The van der Waals surface area contributed by atoms with Gasteiger partial charge in [0, 0.05) is 19.8 Å². The number of hydrogen-bond donors (Lipinski definition) is 1. The highest BCUT2D eigenvalue weighted by molar-refractivity contribution is 7.99. The number of imidazole rings is 1. The number of benzene rings is 2. The number of amides is 1. The summed E-state index contributed by atoms with van der Waals surface area (Å²) in [7, 11) is 2.89. The monoisotopic (exact) mass is 525 g/mol. The van der Waals surface area contributed by atoms with Crippen molar-refractivity contribution in [3.63, 3.8) is 0 Å². The highest BCUT2D eigenvalue weighted by Crippen LogP contribution is 2.23. The Bertz CT molecular complexity index is 1610. The SMILES string of the molecule is CCOC(=O)c1cccc(NC(=O)CSc2nc3c(c(=O)n(C)c(=O)n3C)n2Cc2ccc(F)cc2)c1. The van der Waals surface area contributed by atoms with Crippen LogP contribution in [-0.4, -0.2) is 42.9 Å². The van der Waals surface area contributed by atoms with Crippen LogP contribution < -0.4 is 16.6 Å². The van der Waals surface area contributed by atoms with Crippen LogP contribution in [0.4, 0.5) is 10.1 Å². The molecule has 0 fully saturated rings. The van der Waals surface area contributed by atoms with Crippen molar-refractivity contribution in [3.05, 3.63) is 86.3 Å². The molecular formula is C25H24FN5O5S. The minimum Gasteiger partial charge on any atom is -0.462 e. The van der Waals surface area contributed by atoms with Gasteiger partial charge in [-0.1, -0.05) is 30.0 Å². The fraction of sp³-hybridized carbons (Fsp3) is 0.240. The number of ether oxygens (including phenoxy) is 1. The van der Waals surface area contributed by atoms with Gasteiger partial charge in [-0.3, -0.25) is 18.7 Å². The lowest BCUT2D eigenvalue weighted by molar-refractivity contribution is -0.113. The van der Waals surface area contributed by atoms with Gasteiger partial charge in [0.15, 0.2) is 16.3 Å². The molecule has 0 unspecified atom stereocenters. The summed E-state index contributed by atoms with van der Waals surface area (Å²) in [5.41, 5.74) is 0.759. The number of carbonyl (C=O) groups excluding carboxylic acids is 2. The van der Waals surface area contributed by atoms with Gasteiger partial charge in [0.05, 0.1) is 24.5 Å². The Kier molecular flexibility index (Phi) is 7.58. The number of carbonyl (C=O) groups is 2. The highest BCUT2D eigenvalue weighted by atomic mass is 32.2. The van der Waals surface area contributed by atoms with Crippen LogP contribution in [-0.2, 0) is 30.2 Å². The number of nitrogens with zero attached hydrogens (tertiary/aromatic N) is 4. The Balaban J connectivity index is 1.62. The Labute approximate surface area is 214 Å². The molecule has 192 valence electrons. The van der Waals surface area contributed by atoms with E-state index in [4.69, 9.17) is 4.74 Å². The first kappa shape index (κ1) is 25.9. The highest BCUT2D eigenvalue weighted by Gasteiger charge is 2.20. The first-order valence-corrected chi connectivity index (χ1v) is 12.3. The van der Waals surface area contributed by atoms with E-state index >= 15 is 0 Å². The Morgan fingerprint density at radius 2 is 1.81 bits per heavy atom. The molecule has 4 aromatic rings. The normalized spacial score (nSPS) is 11.0. The molecule has 37 heavy (non-hydrogen) atoms. The van der Waals surface area contributed by atoms with Gasteiger partial charge >= 0.3 is 11.7 Å². The maximum atomic E-state index is 13.4. The number of aromatic nitrogens is 4. The number of fused-ring (bicyclic) bond motifs is 1. The van der Waals surface area contributed by atoms with E-state index in [1.165, 1.54) is 36.9 Å². The lowest BCUT2D eigenvalue weighted by atomic mass is 10.2. The van der Waals surface area contributed by atoms with Crippen LogP contribution in [0.1, 0.15) is 22.8 Å². The molecule has 0 atom stereocenters. The van der Waals surface area contributed by atoms with Crippen LogP contribution in [0.25, 0.3) is 11.2 Å². The molecular weight excluding hydrogens is 501 g/mol. The summed E-state index contributed by atoms with van der Waals surface area (Å²) in [4.78, 5) is 54.6. The van der Waals surface area contributed by atoms with Crippen LogP contribution in [0, 0.1) is 5.82 Å². The summed E-state index contributed by atoms with van der Waals surface area (Å²) in [6.07, 6.45) is 0. The molecule has 0 saturated heterocycles. The molecule has 0 aliphatic carbocycles. The molecule has 0 bridgehead atoms. The predicted molar refractivity (Wildman–Crippen MR) is 137 cm³/mol. The smallest absolute Gasteiger partial charge is 0.338 e. The van der Waals surface area contributed by atoms with Gasteiger partial charge in [-0.25, -0.2) is 19.0 Å². The van der Waals surface area contributed by atoms with Crippen LogP contribution >= 0.6 is 11.8 Å². The van der Waals surface area contributed by atoms with Crippen LogP contribution in [0.5, 0.6) is 0 Å². The van der Waals surface area contributed by atoms with Gasteiger partial charge < -0.3 is 14.6 Å². The van der Waals surface area contributed by atoms with Crippen molar-refractivity contribution < 1.29 is 18.7 Å². The van der Waals surface area contributed by atoms with E-state index < -0.39 is 23.0 Å². The number of hydrogen-bond acceptors (Lipinski definition) is 7. The molecule has 12 heteroatoms. The number of rotatable bonds is 8. The molecule has 0 radical (unpaired) electrons. The average Bonchev–Trinajstić information content (AvgIpc) is 3.24. The largest absolute Gasteiger partial charge is 0.462 e. The van der Waals surface area contributed by atoms with E-state index in [9.17, 15) is 23.6 Å². The number of nitrogens with one attached hydrogen (secondary N) is 1. The van der Waals surface area contributed by atoms with Crippen molar-refractivity contribution in [2.45, 2.75) is 18.6 Å². The van der Waals surface area contributed by atoms with Crippen LogP contribution in [0.3, 0.4) is 0 Å². The number of halogens is 1. The van der Waals surface area contributed by atoms with Gasteiger partial charge in [-0.05, 0) is 42.8 Å². The van der Waals surface area contributed by atoms with Crippen molar-refractivity contribution in [2.24, 2.45) is 14.1 Å². The molecule has 1 amide bonds. The number of esters is 1. The van der Waals surface area contributed by atoms with Crippen molar-refractivity contribution in [1.29, 1.82) is 0 Å².